The lowest BCUT2D eigenvalue weighted by molar-refractivity contribution is -0.162. The van der Waals surface area contributed by atoms with Crippen molar-refractivity contribution in [1.29, 1.82) is 0 Å². The van der Waals surface area contributed by atoms with Crippen LogP contribution in [0.5, 0.6) is 0 Å². The van der Waals surface area contributed by atoms with Gasteiger partial charge in [-0.15, -0.1) is 0 Å². The maximum absolute atomic E-state index is 12.5. The van der Waals surface area contributed by atoms with Gasteiger partial charge in [0.1, 0.15) is 6.10 Å². The van der Waals surface area contributed by atoms with Crippen molar-refractivity contribution in [3.05, 3.63) is 46.0 Å². The highest BCUT2D eigenvalue weighted by Gasteiger charge is 2.50. The minimum Gasteiger partial charge on any atom is -0.345 e. The van der Waals surface area contributed by atoms with Gasteiger partial charge < -0.3 is 4.57 Å². The second-order valence-corrected chi connectivity index (χ2v) is 6.39. The van der Waals surface area contributed by atoms with Crippen LogP contribution in [0.1, 0.15) is 30.7 Å². The van der Waals surface area contributed by atoms with Crippen molar-refractivity contribution in [1.82, 2.24) is 9.63 Å². The molecule has 0 aliphatic carbocycles. The summed E-state index contributed by atoms with van der Waals surface area (Å²) < 4.78 is 2.12. The molecule has 1 saturated heterocycles. The van der Waals surface area contributed by atoms with E-state index in [2.05, 4.69) is 26.7 Å². The maximum Gasteiger partial charge on any atom is 0.226 e. The van der Waals surface area contributed by atoms with Gasteiger partial charge in [0, 0.05) is 35.4 Å². The van der Waals surface area contributed by atoms with E-state index in [1.807, 2.05) is 31.2 Å². The van der Waals surface area contributed by atoms with E-state index in [-0.39, 0.29) is 6.04 Å². The largest absolute Gasteiger partial charge is 0.345 e. The number of carbonyl (C=O) groups excluding carboxylic acids is 1. The third-order valence-corrected chi connectivity index (χ3v) is 5.32. The molecule has 0 N–H and O–H groups in total. The fourth-order valence-corrected chi connectivity index (χ4v) is 4.31. The molecule has 0 spiro atoms. The fourth-order valence-electron chi connectivity index (χ4n) is 4.31. The van der Waals surface area contributed by atoms with Crippen LogP contribution in [0.25, 0.3) is 21.3 Å². The summed E-state index contributed by atoms with van der Waals surface area (Å²) >= 11 is 0. The zero-order valence-corrected chi connectivity index (χ0v) is 13.7. The number of rotatable bonds is 2. The quantitative estimate of drug-likeness (QED) is 0.482. The lowest BCUT2D eigenvalue weighted by atomic mass is 9.87. The predicted octanol–water partition coefficient (Wildman–Crippen LogP) is 3.25. The highest BCUT2D eigenvalue weighted by molar-refractivity contribution is 5.87. The summed E-state index contributed by atoms with van der Waals surface area (Å²) in [4.78, 5) is 21.3. The Morgan fingerprint density at radius 2 is 2.25 bits per heavy atom. The van der Waals surface area contributed by atoms with E-state index >= 15 is 0 Å². The van der Waals surface area contributed by atoms with Crippen molar-refractivity contribution < 1.29 is 9.63 Å². The van der Waals surface area contributed by atoms with Gasteiger partial charge in [-0.05, 0) is 35.1 Å². The molecular weight excluding hydrogens is 306 g/mol. The number of fused-ring (bicyclic) bond motifs is 6. The average Bonchev–Trinajstić information content (AvgIpc) is 2.99. The maximum atomic E-state index is 12.5. The molecular formula is C17H19N5O2. The Labute approximate surface area is 139 Å². The van der Waals surface area contributed by atoms with E-state index in [1.54, 1.807) is 0 Å². The zero-order valence-electron chi connectivity index (χ0n) is 13.7. The molecule has 1 aromatic heterocycles. The summed E-state index contributed by atoms with van der Waals surface area (Å²) in [6, 6.07) is 8.19. The molecule has 24 heavy (non-hydrogen) atoms. The highest BCUT2D eigenvalue weighted by atomic mass is 16.7. The number of hydrogen-bond donors (Lipinski definition) is 0. The molecule has 7 heteroatoms. The molecule has 3 heterocycles. The third kappa shape index (κ3) is 1.99. The molecule has 7 nitrogen and oxygen atoms in total. The molecule has 1 unspecified atom stereocenters. The Balaban J connectivity index is 1.92. The van der Waals surface area contributed by atoms with Gasteiger partial charge in [-0.25, -0.2) is 0 Å². The summed E-state index contributed by atoms with van der Waals surface area (Å²) in [5.41, 5.74) is 12.1. The fraction of sp³-hybridized carbons (Fsp3) is 0.471. The summed E-state index contributed by atoms with van der Waals surface area (Å²) in [6.07, 6.45) is 1.25. The van der Waals surface area contributed by atoms with Crippen LogP contribution < -0.4 is 0 Å². The number of nitrogens with zero attached hydrogens (tertiary/aromatic N) is 5. The van der Waals surface area contributed by atoms with Gasteiger partial charge in [0.05, 0.1) is 11.6 Å². The van der Waals surface area contributed by atoms with Crippen molar-refractivity contribution in [2.75, 3.05) is 6.54 Å². The van der Waals surface area contributed by atoms with Crippen LogP contribution in [0.4, 0.5) is 0 Å². The van der Waals surface area contributed by atoms with Crippen LogP contribution in [0.2, 0.25) is 0 Å². The number of hydroxylamine groups is 2. The first-order chi connectivity index (χ1) is 11.7. The molecule has 0 saturated carbocycles. The molecule has 2 bridgehead atoms. The molecule has 1 aromatic carbocycles. The van der Waals surface area contributed by atoms with Gasteiger partial charge >= 0.3 is 0 Å². The first-order valence-electron chi connectivity index (χ1n) is 8.26. The minimum absolute atomic E-state index is 0.0563. The van der Waals surface area contributed by atoms with E-state index in [4.69, 9.17) is 10.4 Å². The van der Waals surface area contributed by atoms with Gasteiger partial charge in [-0.3, -0.25) is 9.63 Å². The average molecular weight is 325 g/mol. The summed E-state index contributed by atoms with van der Waals surface area (Å²) in [5.74, 6) is -0.900. The third-order valence-electron chi connectivity index (χ3n) is 5.32. The molecule has 2 aliphatic rings. The van der Waals surface area contributed by atoms with Crippen LogP contribution in [0.3, 0.4) is 0 Å². The number of aromatic nitrogens is 1. The van der Waals surface area contributed by atoms with E-state index in [9.17, 15) is 4.79 Å². The molecule has 1 amide bonds. The molecule has 124 valence electrons. The minimum atomic E-state index is -0.465. The van der Waals surface area contributed by atoms with Gasteiger partial charge in [-0.1, -0.05) is 25.1 Å². The molecule has 4 atom stereocenters. The number of para-hydroxylation sites is 1. The number of azide groups is 1. The van der Waals surface area contributed by atoms with E-state index in [1.165, 1.54) is 10.9 Å². The second kappa shape index (κ2) is 5.63. The number of aryl methyl sites for hydroxylation is 1. The zero-order chi connectivity index (χ0) is 16.8. The molecule has 4 rings (SSSR count). The monoisotopic (exact) mass is 325 g/mol. The Hall–Kier alpha value is -2.34. The normalized spacial score (nSPS) is 28.2. The number of amides is 1. The van der Waals surface area contributed by atoms with Crippen LogP contribution in [0, 0.1) is 5.92 Å². The van der Waals surface area contributed by atoms with Gasteiger partial charge in [0.15, 0.2) is 0 Å². The Kier molecular flexibility index (Phi) is 3.57. The van der Waals surface area contributed by atoms with Crippen LogP contribution in [0.15, 0.2) is 29.4 Å². The Morgan fingerprint density at radius 3 is 3.00 bits per heavy atom. The Morgan fingerprint density at radius 1 is 1.46 bits per heavy atom. The molecule has 1 fully saturated rings. The molecule has 0 radical (unpaired) electrons. The van der Waals surface area contributed by atoms with Crippen LogP contribution in [-0.4, -0.2) is 28.1 Å². The molecule has 2 aliphatic heterocycles. The topological polar surface area (TPSA) is 83.2 Å². The van der Waals surface area contributed by atoms with Gasteiger partial charge in [0.25, 0.3) is 0 Å². The first kappa shape index (κ1) is 15.2. The van der Waals surface area contributed by atoms with E-state index in [0.717, 1.165) is 30.6 Å². The number of hydrogen-bond acceptors (Lipinski definition) is 3. The highest BCUT2D eigenvalue weighted by Crippen LogP contribution is 2.46. The van der Waals surface area contributed by atoms with Crippen LogP contribution in [-0.2, 0) is 23.1 Å². The lowest BCUT2D eigenvalue weighted by Gasteiger charge is -2.24. The standard InChI is InChI=1S/C17H19N5O2/c1-3-12-14(17(23)19-20-18)16-15-11(8-9-22(12)24-16)10-6-4-5-7-13(10)21(15)2/h4-7,12,14,16H,3,8-9H2,1-2H3/t12-,14-,16+/m1/s1. The summed E-state index contributed by atoms with van der Waals surface area (Å²) in [5, 5.41) is 6.49. The second-order valence-electron chi connectivity index (χ2n) is 6.39. The van der Waals surface area contributed by atoms with E-state index < -0.39 is 17.9 Å². The SMILES string of the molecule is CC[C@@H]1[C@@H](C(=O)N=[N+]=[N-])[C@@H]2ON1CCc1c2n(C)c2ccccc12. The summed E-state index contributed by atoms with van der Waals surface area (Å²) in [6.45, 7) is 2.76. The predicted molar refractivity (Wildman–Crippen MR) is 88.9 cm³/mol. The van der Waals surface area contributed by atoms with Crippen molar-refractivity contribution in [2.24, 2.45) is 18.1 Å². The van der Waals surface area contributed by atoms with E-state index in [0.29, 0.717) is 0 Å². The van der Waals surface area contributed by atoms with Crippen molar-refractivity contribution in [3.8, 4) is 0 Å². The van der Waals surface area contributed by atoms with Gasteiger partial charge in [-0.2, -0.15) is 5.06 Å². The number of benzene rings is 1. The van der Waals surface area contributed by atoms with Crippen molar-refractivity contribution in [3.63, 3.8) is 0 Å². The number of carbonyl (C=O) groups is 1. The smallest absolute Gasteiger partial charge is 0.226 e. The van der Waals surface area contributed by atoms with Gasteiger partial charge in [0.2, 0.25) is 5.91 Å². The van der Waals surface area contributed by atoms with Crippen molar-refractivity contribution >= 4 is 16.8 Å². The Bertz CT molecular complexity index is 867. The summed E-state index contributed by atoms with van der Waals surface area (Å²) in [7, 11) is 2.01. The first-order valence-corrected chi connectivity index (χ1v) is 8.26. The lowest BCUT2D eigenvalue weighted by Crippen LogP contribution is -2.36. The molecule has 2 aromatic rings. The van der Waals surface area contributed by atoms with Crippen molar-refractivity contribution in [2.45, 2.75) is 31.9 Å². The van der Waals surface area contributed by atoms with Crippen LogP contribution >= 0.6 is 0 Å².